The Labute approximate surface area is 122 Å². The first-order valence-electron chi connectivity index (χ1n) is 6.03. The number of hydrogen-bond acceptors (Lipinski definition) is 3. The minimum absolute atomic E-state index is 0.293. The molecular weight excluding hydrogens is 276 g/mol. The third kappa shape index (κ3) is 2.86. The minimum atomic E-state index is -0.293. The van der Waals surface area contributed by atoms with Crippen molar-refractivity contribution in [1.82, 2.24) is 0 Å². The van der Waals surface area contributed by atoms with Crippen LogP contribution in [-0.2, 0) is 0 Å². The van der Waals surface area contributed by atoms with Gasteiger partial charge in [0.05, 0.1) is 23.4 Å². The fourth-order valence-electron chi connectivity index (χ4n) is 1.87. The van der Waals surface area contributed by atoms with E-state index in [1.165, 1.54) is 7.11 Å². The number of rotatable bonds is 3. The molecule has 0 saturated heterocycles. The first kappa shape index (κ1) is 14.2. The number of carbonyl (C=O) groups excluding carboxylic acids is 1. The average Bonchev–Trinajstić information content (AvgIpc) is 2.42. The maximum Gasteiger partial charge on any atom is 0.259 e. The molecule has 0 spiro atoms. The van der Waals surface area contributed by atoms with Crippen LogP contribution in [0.5, 0.6) is 5.75 Å². The third-order valence-electron chi connectivity index (χ3n) is 2.93. The normalized spacial score (nSPS) is 10.2. The molecule has 0 bridgehead atoms. The Morgan fingerprint density at radius 3 is 2.70 bits per heavy atom. The van der Waals surface area contributed by atoms with E-state index in [1.807, 2.05) is 19.1 Å². The quantitative estimate of drug-likeness (QED) is 0.851. The molecule has 3 N–H and O–H groups in total. The van der Waals surface area contributed by atoms with Gasteiger partial charge in [-0.1, -0.05) is 23.7 Å². The van der Waals surface area contributed by atoms with Gasteiger partial charge in [0.1, 0.15) is 5.75 Å². The van der Waals surface area contributed by atoms with Crippen LogP contribution >= 0.6 is 11.6 Å². The number of anilines is 2. The molecule has 20 heavy (non-hydrogen) atoms. The van der Waals surface area contributed by atoms with E-state index in [2.05, 4.69) is 5.32 Å². The second kappa shape index (κ2) is 5.84. The van der Waals surface area contributed by atoms with Gasteiger partial charge in [-0.25, -0.2) is 0 Å². The Morgan fingerprint density at radius 1 is 1.30 bits per heavy atom. The van der Waals surface area contributed by atoms with Crippen molar-refractivity contribution in [3.63, 3.8) is 0 Å². The number of benzene rings is 2. The molecule has 0 unspecified atom stereocenters. The highest BCUT2D eigenvalue weighted by Crippen LogP contribution is 2.28. The number of ether oxygens (including phenoxy) is 1. The second-order valence-electron chi connectivity index (χ2n) is 4.35. The summed E-state index contributed by atoms with van der Waals surface area (Å²) >= 11 is 6.09. The predicted molar refractivity (Wildman–Crippen MR) is 81.5 cm³/mol. The van der Waals surface area contributed by atoms with E-state index in [4.69, 9.17) is 22.1 Å². The van der Waals surface area contributed by atoms with Gasteiger partial charge in [0.15, 0.2) is 0 Å². The van der Waals surface area contributed by atoms with E-state index in [0.717, 1.165) is 5.56 Å². The van der Waals surface area contributed by atoms with Crippen LogP contribution in [0.15, 0.2) is 36.4 Å². The number of nitrogens with two attached hydrogens (primary N) is 1. The lowest BCUT2D eigenvalue weighted by Gasteiger charge is -2.12. The van der Waals surface area contributed by atoms with Crippen LogP contribution in [0.4, 0.5) is 11.4 Å². The molecule has 2 aromatic rings. The van der Waals surface area contributed by atoms with E-state index >= 15 is 0 Å². The lowest BCUT2D eigenvalue weighted by atomic mass is 10.1. The SMILES string of the molecule is COc1cc(N)ccc1C(=O)Nc1c(C)cccc1Cl. The van der Waals surface area contributed by atoms with Gasteiger partial charge in [-0.05, 0) is 30.7 Å². The zero-order valence-electron chi connectivity index (χ0n) is 11.2. The number of methoxy groups -OCH3 is 1. The highest BCUT2D eigenvalue weighted by atomic mass is 35.5. The van der Waals surface area contributed by atoms with E-state index < -0.39 is 0 Å². The Hall–Kier alpha value is -2.20. The van der Waals surface area contributed by atoms with Gasteiger partial charge < -0.3 is 15.8 Å². The summed E-state index contributed by atoms with van der Waals surface area (Å²) in [4.78, 5) is 12.3. The first-order chi connectivity index (χ1) is 9.52. The largest absolute Gasteiger partial charge is 0.496 e. The van der Waals surface area contributed by atoms with Crippen LogP contribution in [0.3, 0.4) is 0 Å². The molecule has 0 fully saturated rings. The standard InChI is InChI=1S/C15H15ClN2O2/c1-9-4-3-5-12(16)14(9)18-15(19)11-7-6-10(17)8-13(11)20-2/h3-8H,17H2,1-2H3,(H,18,19). The molecule has 104 valence electrons. The number of nitrogens with one attached hydrogen (secondary N) is 1. The van der Waals surface area contributed by atoms with E-state index in [-0.39, 0.29) is 5.91 Å². The van der Waals surface area contributed by atoms with Crippen LogP contribution < -0.4 is 15.8 Å². The molecule has 0 aliphatic carbocycles. The van der Waals surface area contributed by atoms with Crippen molar-refractivity contribution in [2.75, 3.05) is 18.2 Å². The van der Waals surface area contributed by atoms with Gasteiger partial charge in [0.2, 0.25) is 0 Å². The topological polar surface area (TPSA) is 64.3 Å². The number of hydrogen-bond donors (Lipinski definition) is 2. The molecule has 2 rings (SSSR count). The lowest BCUT2D eigenvalue weighted by Crippen LogP contribution is -2.14. The van der Waals surface area contributed by atoms with Gasteiger partial charge in [0.25, 0.3) is 5.91 Å². The number of para-hydroxylation sites is 1. The smallest absolute Gasteiger partial charge is 0.259 e. The summed E-state index contributed by atoms with van der Waals surface area (Å²) in [5.41, 5.74) is 8.09. The number of carbonyl (C=O) groups is 1. The van der Waals surface area contributed by atoms with Crippen LogP contribution in [0, 0.1) is 6.92 Å². The van der Waals surface area contributed by atoms with Crippen molar-refractivity contribution in [3.05, 3.63) is 52.5 Å². The van der Waals surface area contributed by atoms with E-state index in [9.17, 15) is 4.79 Å². The maximum atomic E-state index is 12.3. The van der Waals surface area contributed by atoms with Crippen molar-refractivity contribution >= 4 is 28.9 Å². The monoisotopic (exact) mass is 290 g/mol. The minimum Gasteiger partial charge on any atom is -0.496 e. The summed E-state index contributed by atoms with van der Waals surface area (Å²) < 4.78 is 5.17. The molecule has 0 saturated carbocycles. The van der Waals surface area contributed by atoms with Crippen molar-refractivity contribution in [2.24, 2.45) is 0 Å². The maximum absolute atomic E-state index is 12.3. The van der Waals surface area contributed by atoms with E-state index in [0.29, 0.717) is 27.7 Å². The second-order valence-corrected chi connectivity index (χ2v) is 4.75. The van der Waals surface area contributed by atoms with Crippen LogP contribution in [0.25, 0.3) is 0 Å². The van der Waals surface area contributed by atoms with Gasteiger partial charge in [-0.3, -0.25) is 4.79 Å². The summed E-state index contributed by atoms with van der Waals surface area (Å²) in [5.74, 6) is 0.130. The highest BCUT2D eigenvalue weighted by molar-refractivity contribution is 6.34. The Kier molecular flexibility index (Phi) is 4.15. The van der Waals surface area contributed by atoms with Crippen LogP contribution in [-0.4, -0.2) is 13.0 Å². The van der Waals surface area contributed by atoms with Gasteiger partial charge >= 0.3 is 0 Å². The van der Waals surface area contributed by atoms with Crippen LogP contribution in [0.1, 0.15) is 15.9 Å². The summed E-state index contributed by atoms with van der Waals surface area (Å²) in [6.07, 6.45) is 0. The van der Waals surface area contributed by atoms with Crippen molar-refractivity contribution in [3.8, 4) is 5.75 Å². The van der Waals surface area contributed by atoms with Crippen molar-refractivity contribution in [1.29, 1.82) is 0 Å². The number of aryl methyl sites for hydroxylation is 1. The fourth-order valence-corrected chi connectivity index (χ4v) is 2.14. The molecule has 0 aromatic heterocycles. The average molecular weight is 291 g/mol. The van der Waals surface area contributed by atoms with Crippen LogP contribution in [0.2, 0.25) is 5.02 Å². The number of amides is 1. The van der Waals surface area contributed by atoms with Gasteiger partial charge in [-0.15, -0.1) is 0 Å². The predicted octanol–water partition coefficient (Wildman–Crippen LogP) is 3.49. The molecule has 0 radical (unpaired) electrons. The zero-order chi connectivity index (χ0) is 14.7. The number of nitrogen functional groups attached to an aromatic ring is 1. The molecule has 4 nitrogen and oxygen atoms in total. The lowest BCUT2D eigenvalue weighted by molar-refractivity contribution is 0.102. The fraction of sp³-hybridized carbons (Fsp3) is 0.133. The molecular formula is C15H15ClN2O2. The van der Waals surface area contributed by atoms with Gasteiger partial charge in [-0.2, -0.15) is 0 Å². The Morgan fingerprint density at radius 2 is 2.05 bits per heavy atom. The van der Waals surface area contributed by atoms with Gasteiger partial charge in [0, 0.05) is 11.8 Å². The summed E-state index contributed by atoms with van der Waals surface area (Å²) in [6.45, 7) is 1.88. The molecule has 5 heteroatoms. The van der Waals surface area contributed by atoms with E-state index in [1.54, 1.807) is 24.3 Å². The van der Waals surface area contributed by atoms with Crippen molar-refractivity contribution < 1.29 is 9.53 Å². The molecule has 0 aliphatic heterocycles. The molecule has 1 amide bonds. The molecule has 2 aromatic carbocycles. The summed E-state index contributed by atoms with van der Waals surface area (Å²) in [7, 11) is 1.49. The molecule has 0 aliphatic rings. The summed E-state index contributed by atoms with van der Waals surface area (Å²) in [5, 5.41) is 3.29. The molecule has 0 atom stereocenters. The molecule has 0 heterocycles. The third-order valence-corrected chi connectivity index (χ3v) is 3.25. The Bertz CT molecular complexity index is 636. The number of halogens is 1. The Balaban J connectivity index is 2.33. The summed E-state index contributed by atoms with van der Waals surface area (Å²) in [6, 6.07) is 10.3. The first-order valence-corrected chi connectivity index (χ1v) is 6.40. The zero-order valence-corrected chi connectivity index (χ0v) is 12.0. The highest BCUT2D eigenvalue weighted by Gasteiger charge is 2.15. The van der Waals surface area contributed by atoms with Crippen molar-refractivity contribution in [2.45, 2.75) is 6.92 Å².